The summed E-state index contributed by atoms with van der Waals surface area (Å²) in [6, 6.07) is 9.82. The summed E-state index contributed by atoms with van der Waals surface area (Å²) in [6.07, 6.45) is 0.0532. The summed E-state index contributed by atoms with van der Waals surface area (Å²) in [5.74, 6) is 0. The molecule has 6 heteroatoms. The Hall–Kier alpha value is -2.24. The zero-order valence-corrected chi connectivity index (χ0v) is 15.7. The van der Waals surface area contributed by atoms with Crippen LogP contribution in [0.4, 0.5) is 9.59 Å². The van der Waals surface area contributed by atoms with Crippen LogP contribution in [0.5, 0.6) is 0 Å². The van der Waals surface area contributed by atoms with Crippen molar-refractivity contribution in [2.45, 2.75) is 58.4 Å². The second-order valence-electron chi connectivity index (χ2n) is 7.45. The highest BCUT2D eigenvalue weighted by molar-refractivity contribution is 5.72. The molecule has 1 aromatic carbocycles. The van der Waals surface area contributed by atoms with E-state index >= 15 is 0 Å². The van der Waals surface area contributed by atoms with Gasteiger partial charge in [0, 0.05) is 13.6 Å². The average Bonchev–Trinajstić information content (AvgIpc) is 3.19. The van der Waals surface area contributed by atoms with Crippen LogP contribution in [0.25, 0.3) is 0 Å². The van der Waals surface area contributed by atoms with Gasteiger partial charge in [-0.05, 0) is 39.7 Å². The lowest BCUT2D eigenvalue weighted by Crippen LogP contribution is -2.30. The average molecular weight is 348 g/mol. The molecule has 1 saturated heterocycles. The predicted molar refractivity (Wildman–Crippen MR) is 95.2 cm³/mol. The highest BCUT2D eigenvalue weighted by atomic mass is 16.6. The van der Waals surface area contributed by atoms with Crippen molar-refractivity contribution in [2.75, 3.05) is 13.6 Å². The molecular weight excluding hydrogens is 320 g/mol. The highest BCUT2D eigenvalue weighted by Crippen LogP contribution is 2.32. The molecule has 0 aromatic heterocycles. The summed E-state index contributed by atoms with van der Waals surface area (Å²) in [5.41, 5.74) is 0.457. The highest BCUT2D eigenvalue weighted by Gasteiger charge is 2.49. The number of carbonyl (C=O) groups is 2. The molecule has 2 unspecified atom stereocenters. The van der Waals surface area contributed by atoms with Crippen molar-refractivity contribution in [2.24, 2.45) is 0 Å². The summed E-state index contributed by atoms with van der Waals surface area (Å²) in [7, 11) is 1.71. The molecule has 2 atom stereocenters. The number of benzene rings is 1. The van der Waals surface area contributed by atoms with E-state index in [2.05, 4.69) is 0 Å². The molecule has 1 aliphatic rings. The lowest BCUT2D eigenvalue weighted by atomic mass is 10.2. The normalized spacial score (nSPS) is 19.3. The zero-order chi connectivity index (χ0) is 18.6. The van der Waals surface area contributed by atoms with Gasteiger partial charge in [0.25, 0.3) is 0 Å². The molecule has 2 amide bonds. The SMILES string of the molecule is CC1C(CCN(C)C(=O)OCc2ccccc2)N1C(=O)OC(C)(C)C. The van der Waals surface area contributed by atoms with Crippen molar-refractivity contribution in [3.63, 3.8) is 0 Å². The van der Waals surface area contributed by atoms with E-state index in [1.54, 1.807) is 16.8 Å². The number of rotatable bonds is 5. The Labute approximate surface area is 149 Å². The van der Waals surface area contributed by atoms with Gasteiger partial charge in [-0.15, -0.1) is 0 Å². The second kappa shape index (κ2) is 7.76. The third kappa shape index (κ3) is 5.66. The fourth-order valence-corrected chi connectivity index (χ4v) is 2.66. The van der Waals surface area contributed by atoms with E-state index in [0.717, 1.165) is 5.56 Å². The number of hydrogen-bond acceptors (Lipinski definition) is 4. The maximum atomic E-state index is 12.1. The van der Waals surface area contributed by atoms with Crippen molar-refractivity contribution in [1.29, 1.82) is 0 Å². The topological polar surface area (TPSA) is 58.9 Å². The van der Waals surface area contributed by atoms with Crippen LogP contribution in [0.3, 0.4) is 0 Å². The smallest absolute Gasteiger partial charge is 0.410 e. The molecule has 0 saturated carbocycles. The van der Waals surface area contributed by atoms with Gasteiger partial charge >= 0.3 is 12.2 Å². The molecule has 1 aromatic rings. The Morgan fingerprint density at radius 1 is 1.20 bits per heavy atom. The number of nitrogens with zero attached hydrogens (tertiary/aromatic N) is 2. The molecule has 0 N–H and O–H groups in total. The Morgan fingerprint density at radius 2 is 1.84 bits per heavy atom. The summed E-state index contributed by atoms with van der Waals surface area (Å²) in [6.45, 7) is 8.33. The minimum absolute atomic E-state index is 0.110. The third-order valence-electron chi connectivity index (χ3n) is 4.14. The fourth-order valence-electron chi connectivity index (χ4n) is 2.66. The zero-order valence-electron chi connectivity index (χ0n) is 15.7. The Balaban J connectivity index is 1.72. The van der Waals surface area contributed by atoms with E-state index in [1.165, 1.54) is 0 Å². The molecule has 1 fully saturated rings. The van der Waals surface area contributed by atoms with Gasteiger partial charge in [-0.25, -0.2) is 9.59 Å². The van der Waals surface area contributed by atoms with Gasteiger partial charge in [-0.1, -0.05) is 30.3 Å². The first kappa shape index (κ1) is 19.1. The largest absolute Gasteiger partial charge is 0.445 e. The quantitative estimate of drug-likeness (QED) is 0.762. The summed E-state index contributed by atoms with van der Waals surface area (Å²) >= 11 is 0. The van der Waals surface area contributed by atoms with E-state index < -0.39 is 5.60 Å². The first-order chi connectivity index (χ1) is 11.7. The fraction of sp³-hybridized carbons (Fsp3) is 0.579. The minimum atomic E-state index is -0.498. The van der Waals surface area contributed by atoms with Crippen LogP contribution in [0.1, 0.15) is 39.7 Å². The first-order valence-electron chi connectivity index (χ1n) is 8.62. The van der Waals surface area contributed by atoms with E-state index in [9.17, 15) is 9.59 Å². The monoisotopic (exact) mass is 348 g/mol. The van der Waals surface area contributed by atoms with Gasteiger partial charge in [0.1, 0.15) is 12.2 Å². The van der Waals surface area contributed by atoms with E-state index in [-0.39, 0.29) is 30.9 Å². The molecule has 2 rings (SSSR count). The molecule has 0 aliphatic carbocycles. The molecule has 6 nitrogen and oxygen atoms in total. The maximum Gasteiger partial charge on any atom is 0.410 e. The Morgan fingerprint density at radius 3 is 2.44 bits per heavy atom. The molecule has 0 radical (unpaired) electrons. The van der Waals surface area contributed by atoms with Crippen molar-refractivity contribution in [1.82, 2.24) is 9.80 Å². The van der Waals surface area contributed by atoms with Crippen molar-refractivity contribution in [3.8, 4) is 0 Å². The predicted octanol–water partition coefficient (Wildman–Crippen LogP) is 3.65. The van der Waals surface area contributed by atoms with Gasteiger partial charge < -0.3 is 14.4 Å². The van der Waals surface area contributed by atoms with E-state index in [1.807, 2.05) is 58.0 Å². The van der Waals surface area contributed by atoms with Crippen LogP contribution < -0.4 is 0 Å². The van der Waals surface area contributed by atoms with Gasteiger partial charge in [0.05, 0.1) is 12.1 Å². The maximum absolute atomic E-state index is 12.1. The molecular formula is C19H28N2O4. The number of amides is 2. The summed E-state index contributed by atoms with van der Waals surface area (Å²) in [5, 5.41) is 0. The van der Waals surface area contributed by atoms with Gasteiger partial charge in [-0.3, -0.25) is 4.90 Å². The van der Waals surface area contributed by atoms with E-state index in [4.69, 9.17) is 9.47 Å². The number of carbonyl (C=O) groups excluding carboxylic acids is 2. The summed E-state index contributed by atoms with van der Waals surface area (Å²) in [4.78, 5) is 27.4. The molecule has 0 bridgehead atoms. The molecule has 1 aliphatic heterocycles. The molecule has 0 spiro atoms. The first-order valence-corrected chi connectivity index (χ1v) is 8.62. The van der Waals surface area contributed by atoms with Crippen LogP contribution in [0, 0.1) is 0 Å². The minimum Gasteiger partial charge on any atom is -0.445 e. The summed E-state index contributed by atoms with van der Waals surface area (Å²) < 4.78 is 10.7. The molecule has 25 heavy (non-hydrogen) atoms. The van der Waals surface area contributed by atoms with Crippen molar-refractivity contribution >= 4 is 12.2 Å². The molecule has 1 heterocycles. The standard InChI is InChI=1S/C19H28N2O4/c1-14-16(21(14)18(23)25-19(2,3)4)11-12-20(5)17(22)24-13-15-9-7-6-8-10-15/h6-10,14,16H,11-13H2,1-5H3. The second-order valence-corrected chi connectivity index (χ2v) is 7.45. The lowest BCUT2D eigenvalue weighted by molar-refractivity contribution is 0.0393. The van der Waals surface area contributed by atoms with Crippen LogP contribution in [-0.2, 0) is 16.1 Å². The number of hydrogen-bond donors (Lipinski definition) is 0. The number of ether oxygens (including phenoxy) is 2. The van der Waals surface area contributed by atoms with Gasteiger partial charge in [0.15, 0.2) is 0 Å². The van der Waals surface area contributed by atoms with Crippen LogP contribution >= 0.6 is 0 Å². The third-order valence-corrected chi connectivity index (χ3v) is 4.14. The van der Waals surface area contributed by atoms with Gasteiger partial charge in [0.2, 0.25) is 0 Å². The van der Waals surface area contributed by atoms with Crippen molar-refractivity contribution < 1.29 is 19.1 Å². The van der Waals surface area contributed by atoms with Crippen molar-refractivity contribution in [3.05, 3.63) is 35.9 Å². The van der Waals surface area contributed by atoms with Crippen LogP contribution in [-0.4, -0.2) is 53.3 Å². The molecule has 138 valence electrons. The Kier molecular flexibility index (Phi) is 5.93. The Bertz CT molecular complexity index is 597. The van der Waals surface area contributed by atoms with E-state index in [0.29, 0.717) is 13.0 Å². The van der Waals surface area contributed by atoms with Gasteiger partial charge in [-0.2, -0.15) is 0 Å². The van der Waals surface area contributed by atoms with Crippen LogP contribution in [0.15, 0.2) is 30.3 Å². The van der Waals surface area contributed by atoms with Crippen LogP contribution in [0.2, 0.25) is 0 Å². The lowest BCUT2D eigenvalue weighted by Gasteiger charge is -2.20.